The first-order valence-corrected chi connectivity index (χ1v) is 11.6. The highest BCUT2D eigenvalue weighted by molar-refractivity contribution is 7.07. The van der Waals surface area contributed by atoms with Crippen LogP contribution in [-0.2, 0) is 11.0 Å². The van der Waals surface area contributed by atoms with E-state index in [9.17, 15) is 28.3 Å². The topological polar surface area (TPSA) is 77.2 Å². The summed E-state index contributed by atoms with van der Waals surface area (Å²) in [6.45, 7) is 0.701. The molecule has 170 valence electrons. The van der Waals surface area contributed by atoms with Gasteiger partial charge in [-0.1, -0.05) is 12.1 Å². The van der Waals surface area contributed by atoms with E-state index in [2.05, 4.69) is 11.1 Å². The summed E-state index contributed by atoms with van der Waals surface area (Å²) in [4.78, 5) is 19.5. The summed E-state index contributed by atoms with van der Waals surface area (Å²) in [6, 6.07) is 7.58. The van der Waals surface area contributed by atoms with Gasteiger partial charge in [-0.05, 0) is 63.1 Å². The third kappa shape index (κ3) is 4.02. The van der Waals surface area contributed by atoms with Crippen molar-refractivity contribution in [1.29, 1.82) is 5.26 Å². The zero-order valence-corrected chi connectivity index (χ0v) is 18.4. The minimum absolute atomic E-state index is 0.0203. The van der Waals surface area contributed by atoms with Crippen LogP contribution in [0.4, 0.5) is 13.2 Å². The van der Waals surface area contributed by atoms with E-state index in [-0.39, 0.29) is 23.6 Å². The van der Waals surface area contributed by atoms with E-state index in [1.807, 2.05) is 10.3 Å². The van der Waals surface area contributed by atoms with Gasteiger partial charge in [-0.3, -0.25) is 4.79 Å². The number of nitriles is 1. The minimum atomic E-state index is -4.81. The number of halogens is 3. The summed E-state index contributed by atoms with van der Waals surface area (Å²) < 4.78 is 39.3. The number of thiazole rings is 1. The number of rotatable bonds is 5. The second kappa shape index (κ2) is 8.16. The smallest absolute Gasteiger partial charge is 0.376 e. The maximum atomic E-state index is 13.3. The Morgan fingerprint density at radius 2 is 1.78 bits per heavy atom. The molecule has 0 spiro atoms. The lowest BCUT2D eigenvalue weighted by molar-refractivity contribution is -0.258. The number of nitrogens with zero attached hydrogens (tertiary/aromatic N) is 3. The first kappa shape index (κ1) is 22.7. The number of alkyl halides is 3. The monoisotopic (exact) mass is 463 g/mol. The molecule has 9 heteroatoms. The first-order chi connectivity index (χ1) is 15.1. The Labute approximate surface area is 188 Å². The molecule has 0 bridgehead atoms. The fraction of sp³-hybridized carbons (Fsp3) is 0.522. The van der Waals surface area contributed by atoms with Crippen molar-refractivity contribution in [3.05, 3.63) is 52.0 Å². The molecule has 1 atom stereocenters. The van der Waals surface area contributed by atoms with Crippen LogP contribution in [0.2, 0.25) is 0 Å². The van der Waals surface area contributed by atoms with Crippen LogP contribution in [0.15, 0.2) is 35.2 Å². The van der Waals surface area contributed by atoms with Crippen LogP contribution in [0.1, 0.15) is 67.1 Å². The average molecular weight is 464 g/mol. The number of benzene rings is 1. The van der Waals surface area contributed by atoms with Gasteiger partial charge in [0, 0.05) is 23.0 Å². The maximum Gasteiger partial charge on any atom is 0.421 e. The quantitative estimate of drug-likeness (QED) is 0.683. The molecule has 0 unspecified atom stereocenters. The number of aromatic nitrogens is 1. The van der Waals surface area contributed by atoms with Crippen LogP contribution < -0.4 is 0 Å². The summed E-state index contributed by atoms with van der Waals surface area (Å²) in [6.07, 6.45) is -0.436. The average Bonchev–Trinajstić information content (AvgIpc) is 3.44. The zero-order chi connectivity index (χ0) is 23.1. The lowest BCUT2D eigenvalue weighted by atomic mass is 9.71. The Morgan fingerprint density at radius 3 is 2.25 bits per heavy atom. The van der Waals surface area contributed by atoms with E-state index in [4.69, 9.17) is 0 Å². The van der Waals surface area contributed by atoms with Gasteiger partial charge in [0.15, 0.2) is 5.60 Å². The Kier molecular flexibility index (Phi) is 5.80. The lowest BCUT2D eigenvalue weighted by Gasteiger charge is -2.40. The number of carbonyl (C=O) groups excluding carboxylic acids is 1. The van der Waals surface area contributed by atoms with Gasteiger partial charge in [0.2, 0.25) is 0 Å². The number of hydrogen-bond acceptors (Lipinski definition) is 5. The Bertz CT molecular complexity index is 1000. The van der Waals surface area contributed by atoms with Gasteiger partial charge in [0.1, 0.15) is 5.41 Å². The van der Waals surface area contributed by atoms with Crippen LogP contribution in [0.5, 0.6) is 0 Å². The van der Waals surface area contributed by atoms with Crippen molar-refractivity contribution in [2.75, 3.05) is 0 Å². The van der Waals surface area contributed by atoms with Gasteiger partial charge < -0.3 is 10.0 Å². The summed E-state index contributed by atoms with van der Waals surface area (Å²) in [5.74, 6) is -0.214. The van der Waals surface area contributed by atoms with Crippen LogP contribution in [0.25, 0.3) is 0 Å². The van der Waals surface area contributed by atoms with Crippen molar-refractivity contribution in [3.63, 3.8) is 0 Å². The summed E-state index contributed by atoms with van der Waals surface area (Å²) in [5.41, 5.74) is -1.10. The van der Waals surface area contributed by atoms with E-state index in [0.29, 0.717) is 38.2 Å². The Hall–Kier alpha value is -2.44. The molecule has 4 rings (SSSR count). The lowest BCUT2D eigenvalue weighted by Crippen LogP contribution is -2.46. The molecule has 0 radical (unpaired) electrons. The third-order valence-electron chi connectivity index (χ3n) is 6.76. The molecule has 1 N–H and O–H groups in total. The van der Waals surface area contributed by atoms with Crippen LogP contribution >= 0.6 is 11.3 Å². The molecule has 2 aliphatic rings. The van der Waals surface area contributed by atoms with E-state index >= 15 is 0 Å². The van der Waals surface area contributed by atoms with Gasteiger partial charge in [-0.15, -0.1) is 11.3 Å². The van der Waals surface area contributed by atoms with Gasteiger partial charge >= 0.3 is 6.18 Å². The maximum absolute atomic E-state index is 13.3. The van der Waals surface area contributed by atoms with Crippen LogP contribution in [-0.4, -0.2) is 39.2 Å². The van der Waals surface area contributed by atoms with Crippen molar-refractivity contribution < 1.29 is 23.1 Å². The molecule has 0 saturated heterocycles. The third-order valence-corrected chi connectivity index (χ3v) is 7.35. The van der Waals surface area contributed by atoms with E-state index in [1.165, 1.54) is 23.5 Å². The van der Waals surface area contributed by atoms with Crippen LogP contribution in [0.3, 0.4) is 0 Å². The molecular weight excluding hydrogens is 439 g/mol. The summed E-state index contributed by atoms with van der Waals surface area (Å²) in [5, 5.41) is 21.6. The molecule has 1 aromatic carbocycles. The Balaban J connectivity index is 1.51. The molecular formula is C23H24F3N3O2S. The van der Waals surface area contributed by atoms with E-state index < -0.39 is 17.2 Å². The highest BCUT2D eigenvalue weighted by Gasteiger charge is 2.51. The number of carbonyl (C=O) groups is 1. The molecule has 2 aliphatic carbocycles. The molecule has 2 saturated carbocycles. The molecule has 0 aliphatic heterocycles. The normalized spacial score (nSPS) is 25.6. The number of aliphatic hydroxyl groups is 1. The van der Waals surface area contributed by atoms with Gasteiger partial charge in [0.25, 0.3) is 5.91 Å². The second-order valence-electron chi connectivity index (χ2n) is 8.89. The number of hydrogen-bond donors (Lipinski definition) is 1. The van der Waals surface area contributed by atoms with Gasteiger partial charge in [0.05, 0.1) is 17.3 Å². The molecule has 1 aromatic heterocycles. The predicted molar refractivity (Wildman–Crippen MR) is 113 cm³/mol. The Morgan fingerprint density at radius 1 is 1.19 bits per heavy atom. The van der Waals surface area contributed by atoms with Crippen LogP contribution in [0, 0.1) is 11.3 Å². The van der Waals surface area contributed by atoms with Gasteiger partial charge in [-0.2, -0.15) is 18.4 Å². The molecule has 1 heterocycles. The molecule has 2 aromatic rings. The van der Waals surface area contributed by atoms with Crippen molar-refractivity contribution >= 4 is 17.2 Å². The van der Waals surface area contributed by atoms with Crippen molar-refractivity contribution in [2.24, 2.45) is 0 Å². The van der Waals surface area contributed by atoms with Crippen molar-refractivity contribution in [1.82, 2.24) is 9.88 Å². The predicted octanol–water partition coefficient (Wildman–Crippen LogP) is 4.92. The minimum Gasteiger partial charge on any atom is -0.376 e. The highest BCUT2D eigenvalue weighted by atomic mass is 32.1. The summed E-state index contributed by atoms with van der Waals surface area (Å²) in [7, 11) is 0. The summed E-state index contributed by atoms with van der Waals surface area (Å²) >= 11 is 1.46. The SMILES string of the molecule is C[C@](O)(c1ccc(C(=O)N(C2CC2)[C@H]2CC[C@@](C#N)(c3cscn3)CC2)cc1)C(F)(F)F. The fourth-order valence-corrected chi connectivity index (χ4v) is 5.13. The largest absolute Gasteiger partial charge is 0.421 e. The highest BCUT2D eigenvalue weighted by Crippen LogP contribution is 2.43. The molecule has 32 heavy (non-hydrogen) atoms. The van der Waals surface area contributed by atoms with E-state index in [0.717, 1.165) is 30.7 Å². The zero-order valence-electron chi connectivity index (χ0n) is 17.6. The van der Waals surface area contributed by atoms with E-state index in [1.54, 1.807) is 5.51 Å². The van der Waals surface area contributed by atoms with Crippen molar-refractivity contribution in [2.45, 2.75) is 74.7 Å². The number of amides is 1. The standard InChI is InChI=1S/C23H24F3N3O2S/c1-21(31,23(24,25)26)16-4-2-15(3-5-16)20(30)29(17-6-7-17)18-8-10-22(13-27,11-9-18)19-12-32-14-28-19/h2-5,12,14,17-18,31H,6-11H2,1H3/t18-,21-,22+/m0/s1. The molecule has 1 amide bonds. The van der Waals surface area contributed by atoms with Crippen molar-refractivity contribution in [3.8, 4) is 6.07 Å². The van der Waals surface area contributed by atoms with Gasteiger partial charge in [-0.25, -0.2) is 4.98 Å². The molecule has 2 fully saturated rings. The second-order valence-corrected chi connectivity index (χ2v) is 9.61. The first-order valence-electron chi connectivity index (χ1n) is 10.6. The fourth-order valence-electron chi connectivity index (χ4n) is 4.48. The molecule has 5 nitrogen and oxygen atoms in total.